The fraction of sp³-hybridized carbons (Fsp3) is 1.00. The molecule has 7 bridgehead atoms. The maximum absolute atomic E-state index is 12.8. The Bertz CT molecular complexity index is 798. The lowest BCUT2D eigenvalue weighted by Crippen LogP contribution is -2.81. The molecule has 0 radical (unpaired) electrons. The smallest absolute Gasteiger partial charge is 0.136 e. The van der Waals surface area contributed by atoms with Gasteiger partial charge in [-0.25, -0.2) is 0 Å². The number of likely N-dealkylation sites (tertiary alicyclic amines) is 1. The van der Waals surface area contributed by atoms with E-state index in [1.165, 1.54) is 0 Å². The number of likely N-dealkylation sites (N-methyl/N-ethyl adjacent to an activating group) is 1. The molecule has 5 aliphatic carbocycles. The summed E-state index contributed by atoms with van der Waals surface area (Å²) in [5.74, 6) is -0.889. The highest BCUT2D eigenvalue weighted by Crippen LogP contribution is 2.80. The largest absolute Gasteiger partial charge is 0.392 e. The van der Waals surface area contributed by atoms with Gasteiger partial charge in [0.1, 0.15) is 11.2 Å². The van der Waals surface area contributed by atoms with Gasteiger partial charge in [-0.15, -0.1) is 0 Å². The summed E-state index contributed by atoms with van der Waals surface area (Å²) in [6, 6.07) is -0.442. The van der Waals surface area contributed by atoms with E-state index in [9.17, 15) is 20.4 Å². The van der Waals surface area contributed by atoms with Crippen LogP contribution in [0.4, 0.5) is 0 Å². The molecular formula is C24H39NO7. The van der Waals surface area contributed by atoms with E-state index >= 15 is 0 Å². The van der Waals surface area contributed by atoms with Gasteiger partial charge in [-0.05, 0) is 31.7 Å². The molecule has 5 saturated carbocycles. The van der Waals surface area contributed by atoms with Crippen LogP contribution < -0.4 is 0 Å². The van der Waals surface area contributed by atoms with Gasteiger partial charge in [-0.3, -0.25) is 4.90 Å². The van der Waals surface area contributed by atoms with Gasteiger partial charge in [0.15, 0.2) is 0 Å². The molecule has 0 aromatic heterocycles. The van der Waals surface area contributed by atoms with Gasteiger partial charge in [0, 0.05) is 62.9 Å². The molecule has 8 heteroatoms. The quantitative estimate of drug-likeness (QED) is 0.446. The first kappa shape index (κ1) is 22.2. The molecule has 0 amide bonds. The van der Waals surface area contributed by atoms with Crippen LogP contribution in [-0.2, 0) is 14.2 Å². The van der Waals surface area contributed by atoms with Crippen molar-refractivity contribution >= 4 is 0 Å². The maximum atomic E-state index is 12.8. The monoisotopic (exact) mass is 453 g/mol. The van der Waals surface area contributed by atoms with Crippen LogP contribution in [0.2, 0.25) is 0 Å². The minimum absolute atomic E-state index is 0.102. The Morgan fingerprint density at radius 2 is 1.84 bits per heavy atom. The molecule has 6 aliphatic rings. The molecule has 1 heterocycles. The Labute approximate surface area is 189 Å². The van der Waals surface area contributed by atoms with Crippen molar-refractivity contribution in [1.82, 2.24) is 4.90 Å². The highest BCUT2D eigenvalue weighted by atomic mass is 16.5. The van der Waals surface area contributed by atoms with Crippen molar-refractivity contribution in [2.75, 3.05) is 41.0 Å². The van der Waals surface area contributed by atoms with Crippen LogP contribution in [0.5, 0.6) is 0 Å². The molecule has 4 unspecified atom stereocenters. The summed E-state index contributed by atoms with van der Waals surface area (Å²) >= 11 is 0. The van der Waals surface area contributed by atoms with Crippen LogP contribution in [0.1, 0.15) is 32.6 Å². The van der Waals surface area contributed by atoms with E-state index in [0.29, 0.717) is 26.0 Å². The average molecular weight is 454 g/mol. The highest BCUT2D eigenvalue weighted by molar-refractivity contribution is 5.41. The molecule has 1 saturated heterocycles. The zero-order chi connectivity index (χ0) is 22.8. The molecule has 4 N–H and O–H groups in total. The van der Waals surface area contributed by atoms with Crippen molar-refractivity contribution in [3.8, 4) is 0 Å². The molecule has 1 spiro atoms. The van der Waals surface area contributed by atoms with Crippen LogP contribution in [0, 0.1) is 34.5 Å². The van der Waals surface area contributed by atoms with E-state index in [4.69, 9.17) is 14.2 Å². The summed E-state index contributed by atoms with van der Waals surface area (Å²) in [6.45, 7) is 4.05. The Morgan fingerprint density at radius 1 is 1.09 bits per heavy atom. The first-order chi connectivity index (χ1) is 15.2. The van der Waals surface area contributed by atoms with E-state index in [0.717, 1.165) is 13.0 Å². The van der Waals surface area contributed by atoms with Crippen molar-refractivity contribution in [3.05, 3.63) is 0 Å². The van der Waals surface area contributed by atoms with Gasteiger partial charge in [0.2, 0.25) is 0 Å². The number of piperidine rings is 1. The number of aliphatic hydroxyl groups excluding tert-OH is 2. The van der Waals surface area contributed by atoms with Crippen molar-refractivity contribution in [2.24, 2.45) is 34.5 Å². The molecule has 6 rings (SSSR count). The Kier molecular flexibility index (Phi) is 4.62. The molecule has 0 aromatic rings. The van der Waals surface area contributed by atoms with Crippen LogP contribution in [0.25, 0.3) is 0 Å². The second kappa shape index (κ2) is 6.66. The molecule has 182 valence electrons. The number of rotatable bonds is 5. The topological polar surface area (TPSA) is 112 Å². The third kappa shape index (κ3) is 1.99. The average Bonchev–Trinajstić information content (AvgIpc) is 3.14. The van der Waals surface area contributed by atoms with Crippen molar-refractivity contribution < 1.29 is 34.6 Å². The Morgan fingerprint density at radius 3 is 2.47 bits per heavy atom. The maximum Gasteiger partial charge on any atom is 0.136 e. The fourth-order valence-electron chi connectivity index (χ4n) is 10.7. The van der Waals surface area contributed by atoms with Crippen LogP contribution >= 0.6 is 0 Å². The molecule has 1 aliphatic heterocycles. The van der Waals surface area contributed by atoms with Gasteiger partial charge in [-0.1, -0.05) is 6.92 Å². The number of nitrogens with zero attached hydrogens (tertiary/aromatic N) is 1. The van der Waals surface area contributed by atoms with E-state index < -0.39 is 46.9 Å². The predicted octanol–water partition coefficient (Wildman–Crippen LogP) is -0.383. The zero-order valence-corrected chi connectivity index (χ0v) is 19.6. The lowest BCUT2D eigenvalue weighted by atomic mass is 9.42. The van der Waals surface area contributed by atoms with Crippen LogP contribution in [0.3, 0.4) is 0 Å². The number of fused-ring (bicyclic) bond motifs is 2. The molecular weight excluding hydrogens is 414 g/mol. The van der Waals surface area contributed by atoms with E-state index in [1.807, 2.05) is 0 Å². The van der Waals surface area contributed by atoms with E-state index in [1.54, 1.807) is 21.3 Å². The minimum Gasteiger partial charge on any atom is -0.392 e. The van der Waals surface area contributed by atoms with Crippen LogP contribution in [-0.4, -0.2) is 108 Å². The highest BCUT2D eigenvalue weighted by Gasteiger charge is 2.91. The van der Waals surface area contributed by atoms with Crippen molar-refractivity contribution in [1.29, 1.82) is 0 Å². The number of hydrogen-bond donors (Lipinski definition) is 4. The summed E-state index contributed by atoms with van der Waals surface area (Å²) in [5, 5.41) is 48.5. The molecule has 8 nitrogen and oxygen atoms in total. The molecule has 13 atom stereocenters. The third-order valence-electron chi connectivity index (χ3n) is 11.2. The number of hydrogen-bond acceptors (Lipinski definition) is 8. The lowest BCUT2D eigenvalue weighted by molar-refractivity contribution is -0.317. The normalized spacial score (nSPS) is 62.4. The molecule has 0 aromatic carbocycles. The number of aliphatic hydroxyl groups is 4. The summed E-state index contributed by atoms with van der Waals surface area (Å²) < 4.78 is 17.7. The van der Waals surface area contributed by atoms with Gasteiger partial charge in [0.05, 0.1) is 37.1 Å². The number of methoxy groups -OCH3 is 3. The van der Waals surface area contributed by atoms with Crippen molar-refractivity contribution in [3.63, 3.8) is 0 Å². The molecule has 32 heavy (non-hydrogen) atoms. The van der Waals surface area contributed by atoms with E-state index in [-0.39, 0.29) is 35.7 Å². The number of ether oxygens (including phenoxy) is 3. The Hall–Kier alpha value is -0.320. The third-order valence-corrected chi connectivity index (χ3v) is 11.2. The first-order valence-electron chi connectivity index (χ1n) is 12.3. The van der Waals surface area contributed by atoms with Gasteiger partial charge < -0.3 is 34.6 Å². The van der Waals surface area contributed by atoms with Gasteiger partial charge >= 0.3 is 0 Å². The fourth-order valence-corrected chi connectivity index (χ4v) is 10.7. The zero-order valence-electron chi connectivity index (χ0n) is 19.6. The molecule has 6 fully saturated rings. The minimum atomic E-state index is -1.63. The van der Waals surface area contributed by atoms with Gasteiger partial charge in [-0.2, -0.15) is 0 Å². The van der Waals surface area contributed by atoms with Crippen LogP contribution in [0.15, 0.2) is 0 Å². The second-order valence-corrected chi connectivity index (χ2v) is 11.7. The lowest BCUT2D eigenvalue weighted by Gasteiger charge is -2.69. The SMILES string of the molecule is CCN1C[C@]2(COC)CCC(O)C34[C@@H]5C[C@H]6C(O)[C@@H]5[C@](O)(C[C@@H]6OC)C(O)([C@H]13)[C@@H](OC)[C@@H]42. The summed E-state index contributed by atoms with van der Waals surface area (Å²) in [5.41, 5.74) is -4.15. The summed E-state index contributed by atoms with van der Waals surface area (Å²) in [6.07, 6.45) is -0.0296. The van der Waals surface area contributed by atoms with Gasteiger partial charge in [0.25, 0.3) is 0 Å². The first-order valence-corrected chi connectivity index (χ1v) is 12.3. The Balaban J connectivity index is 1.67. The summed E-state index contributed by atoms with van der Waals surface area (Å²) in [7, 11) is 4.95. The van der Waals surface area contributed by atoms with E-state index in [2.05, 4.69) is 11.8 Å². The summed E-state index contributed by atoms with van der Waals surface area (Å²) in [4.78, 5) is 2.28. The second-order valence-electron chi connectivity index (χ2n) is 11.7. The standard InChI is InChI=1S/C24H39NO7/c1-5-25-10-21(11-30-2)7-6-15(26)23-13-8-12-14(31-3)9-22(28,16(13)17(12)27)24(29,20(23)25)19(32-4)18(21)23/h12-20,26-29H,5-11H2,1-4H3/t12-,13-,14+,15?,16-,17?,18-,19+,20-,21+,22-,23?,24?/m1/s1. The van der Waals surface area contributed by atoms with Crippen molar-refractivity contribution in [2.45, 2.75) is 74.3 Å². The predicted molar refractivity (Wildman–Crippen MR) is 114 cm³/mol.